The van der Waals surface area contributed by atoms with Crippen LogP contribution in [0.4, 0.5) is 0 Å². The van der Waals surface area contributed by atoms with E-state index in [1.165, 1.54) is 75.8 Å². The van der Waals surface area contributed by atoms with Crippen LogP contribution >= 0.6 is 0 Å². The average molecular weight is 558 g/mol. The van der Waals surface area contributed by atoms with Gasteiger partial charge < -0.3 is 0 Å². The molecule has 0 saturated carbocycles. The minimum atomic E-state index is -2.24. The zero-order chi connectivity index (χ0) is 23.7. The second-order valence-corrected chi connectivity index (χ2v) is 23.9. The average Bonchev–Trinajstić information content (AvgIpc) is 3.23. The molecule has 2 unspecified atom stereocenters. The molecule has 2 fully saturated rings. The van der Waals surface area contributed by atoms with E-state index < -0.39 is 18.4 Å². The second kappa shape index (κ2) is 13.5. The Labute approximate surface area is 208 Å². The van der Waals surface area contributed by atoms with Crippen LogP contribution in [0.2, 0.25) is 13.3 Å². The molecule has 1 aromatic rings. The molecule has 1 N–H and O–H groups in total. The first-order chi connectivity index (χ1) is 16.1. The molecule has 0 aliphatic carbocycles. The third-order valence-electron chi connectivity index (χ3n) is 8.48. The van der Waals surface area contributed by atoms with E-state index in [0.29, 0.717) is 30.2 Å². The summed E-state index contributed by atoms with van der Waals surface area (Å²) in [5, 5.41) is 3.73. The third-order valence-corrected chi connectivity index (χ3v) is 22.5. The van der Waals surface area contributed by atoms with E-state index in [1.54, 1.807) is 0 Å². The summed E-state index contributed by atoms with van der Waals surface area (Å²) in [5.41, 5.74) is 2.75. The molecule has 33 heavy (non-hydrogen) atoms. The van der Waals surface area contributed by atoms with Gasteiger partial charge in [0.15, 0.2) is 0 Å². The van der Waals surface area contributed by atoms with E-state index in [0.717, 1.165) is 6.42 Å². The minimum absolute atomic E-state index is 0.163. The fourth-order valence-corrected chi connectivity index (χ4v) is 20.6. The number of ketones is 1. The number of unbranched alkanes of at least 4 members (excludes halogenated alkanes) is 3. The Kier molecular flexibility index (Phi) is 11.0. The Bertz CT molecular complexity index is 733. The van der Waals surface area contributed by atoms with Crippen molar-refractivity contribution >= 4 is 30.2 Å². The van der Waals surface area contributed by atoms with Gasteiger partial charge in [-0.25, -0.2) is 0 Å². The number of fused-ring (bicyclic) bond motifs is 2. The molecule has 2 heterocycles. The number of hydrogen-bond acceptors (Lipinski definition) is 2. The summed E-state index contributed by atoms with van der Waals surface area (Å²) in [6.07, 6.45) is 14.9. The van der Waals surface area contributed by atoms with Crippen molar-refractivity contribution in [1.82, 2.24) is 5.32 Å². The Hall–Kier alpha value is -0.611. The van der Waals surface area contributed by atoms with Crippen molar-refractivity contribution < 1.29 is 4.79 Å². The van der Waals surface area contributed by atoms with Crippen molar-refractivity contribution in [3.63, 3.8) is 0 Å². The SMILES string of the molecule is CCC[CH2][Sn](/[CH]=C/c1ccc([C@H]2CC3CCC(N3)[C@H]2C(=O)CC)cc1)([CH2]CCC)[CH2]CCC. The van der Waals surface area contributed by atoms with Crippen molar-refractivity contribution in [3.05, 3.63) is 39.5 Å². The molecular weight excluding hydrogens is 509 g/mol. The predicted molar refractivity (Wildman–Crippen MR) is 146 cm³/mol. The number of carbonyl (C=O) groups excluding carboxylic acids is 1. The van der Waals surface area contributed by atoms with E-state index in [-0.39, 0.29) is 5.92 Å². The second-order valence-electron chi connectivity index (χ2n) is 10.9. The zero-order valence-electron chi connectivity index (χ0n) is 21.9. The van der Waals surface area contributed by atoms with Crippen LogP contribution < -0.4 is 5.32 Å². The van der Waals surface area contributed by atoms with Crippen LogP contribution in [0.3, 0.4) is 0 Å². The maximum atomic E-state index is 12.8. The Morgan fingerprint density at radius 1 is 0.939 bits per heavy atom. The number of carbonyl (C=O) groups is 1. The van der Waals surface area contributed by atoms with Gasteiger partial charge in [-0.1, -0.05) is 0 Å². The van der Waals surface area contributed by atoms with Crippen LogP contribution in [0.5, 0.6) is 0 Å². The quantitative estimate of drug-likeness (QED) is 0.233. The first-order valence-corrected chi connectivity index (χ1v) is 21.8. The summed E-state index contributed by atoms with van der Waals surface area (Å²) in [5.74, 6) is 1.01. The number of Topliss-reactive ketones (excluding diaryl/α,β-unsaturated/α-hetero) is 1. The molecule has 0 radical (unpaired) electrons. The summed E-state index contributed by atoms with van der Waals surface area (Å²) in [6.45, 7) is 9.08. The molecule has 0 amide bonds. The molecule has 2 saturated heterocycles. The summed E-state index contributed by atoms with van der Waals surface area (Å²) in [6, 6.07) is 10.3. The van der Waals surface area contributed by atoms with Crippen molar-refractivity contribution in [1.29, 1.82) is 0 Å². The van der Waals surface area contributed by atoms with Gasteiger partial charge in [0, 0.05) is 0 Å². The van der Waals surface area contributed by atoms with Crippen LogP contribution in [0.1, 0.15) is 109 Å². The molecule has 184 valence electrons. The van der Waals surface area contributed by atoms with E-state index in [2.05, 4.69) is 60.5 Å². The fourth-order valence-electron chi connectivity index (χ4n) is 6.42. The van der Waals surface area contributed by atoms with Gasteiger partial charge in [0.2, 0.25) is 0 Å². The molecule has 3 heteroatoms. The Balaban J connectivity index is 1.77. The van der Waals surface area contributed by atoms with E-state index in [9.17, 15) is 4.79 Å². The van der Waals surface area contributed by atoms with E-state index in [4.69, 9.17) is 0 Å². The molecule has 2 aliphatic heterocycles. The van der Waals surface area contributed by atoms with Gasteiger partial charge in [-0.3, -0.25) is 0 Å². The molecular formula is C30H49NOSn. The van der Waals surface area contributed by atoms with Gasteiger partial charge in [0.05, 0.1) is 0 Å². The zero-order valence-corrected chi connectivity index (χ0v) is 24.7. The van der Waals surface area contributed by atoms with Gasteiger partial charge >= 0.3 is 209 Å². The summed E-state index contributed by atoms with van der Waals surface area (Å²) in [4.78, 5) is 12.8. The van der Waals surface area contributed by atoms with E-state index >= 15 is 0 Å². The van der Waals surface area contributed by atoms with Crippen LogP contribution in [0.15, 0.2) is 28.4 Å². The monoisotopic (exact) mass is 559 g/mol. The number of nitrogens with one attached hydrogen (secondary N) is 1. The number of rotatable bonds is 14. The number of hydrogen-bond donors (Lipinski definition) is 1. The Morgan fingerprint density at radius 2 is 1.55 bits per heavy atom. The van der Waals surface area contributed by atoms with Gasteiger partial charge in [-0.15, -0.1) is 0 Å². The molecule has 0 aromatic heterocycles. The van der Waals surface area contributed by atoms with Crippen molar-refractivity contribution in [2.24, 2.45) is 5.92 Å². The van der Waals surface area contributed by atoms with Gasteiger partial charge in [0.25, 0.3) is 0 Å². The number of benzene rings is 1. The first kappa shape index (κ1) is 27.0. The van der Waals surface area contributed by atoms with Crippen molar-refractivity contribution in [2.75, 3.05) is 0 Å². The van der Waals surface area contributed by atoms with Crippen LogP contribution in [-0.4, -0.2) is 36.2 Å². The van der Waals surface area contributed by atoms with Crippen LogP contribution in [0, 0.1) is 5.92 Å². The number of piperidine rings is 1. The van der Waals surface area contributed by atoms with E-state index in [1.807, 2.05) is 6.92 Å². The van der Waals surface area contributed by atoms with Crippen molar-refractivity contribution in [2.45, 2.75) is 123 Å². The van der Waals surface area contributed by atoms with Crippen LogP contribution in [-0.2, 0) is 4.79 Å². The maximum absolute atomic E-state index is 12.8. The topological polar surface area (TPSA) is 29.1 Å². The predicted octanol–water partition coefficient (Wildman–Crippen LogP) is 8.29. The first-order valence-electron chi connectivity index (χ1n) is 14.1. The summed E-state index contributed by atoms with van der Waals surface area (Å²) >= 11 is -2.24. The normalized spacial score (nSPS) is 25.1. The van der Waals surface area contributed by atoms with Crippen molar-refractivity contribution in [3.8, 4) is 0 Å². The molecule has 1 aromatic carbocycles. The summed E-state index contributed by atoms with van der Waals surface area (Å²) in [7, 11) is 0. The van der Waals surface area contributed by atoms with Gasteiger partial charge in [-0.05, 0) is 0 Å². The Morgan fingerprint density at radius 3 is 2.09 bits per heavy atom. The third kappa shape index (κ3) is 7.19. The van der Waals surface area contributed by atoms with Crippen LogP contribution in [0.25, 0.3) is 6.08 Å². The standard InChI is InChI=1S/C18H22NO.3C4H9.Sn/c1-3-12-5-7-13(8-6-12)15-11-14-9-10-16(19-14)18(15)17(20)4-2;3*1-3-4-2;/h1,3,5-8,14-16,18-19H,4,9-11H2,2H3;3*1,3-4H2,2H3;/t14?,15-,16?,18+;;;;/m1..../s1. The fraction of sp³-hybridized carbons (Fsp3) is 0.700. The summed E-state index contributed by atoms with van der Waals surface area (Å²) < 4.78 is 7.36. The molecule has 4 atom stereocenters. The van der Waals surface area contributed by atoms with Gasteiger partial charge in [-0.2, -0.15) is 0 Å². The molecule has 3 rings (SSSR count). The molecule has 2 aliphatic rings. The van der Waals surface area contributed by atoms with Gasteiger partial charge in [0.1, 0.15) is 0 Å². The molecule has 2 nitrogen and oxygen atoms in total. The molecule has 2 bridgehead atoms. The molecule has 0 spiro atoms.